The van der Waals surface area contributed by atoms with E-state index < -0.39 is 29.8 Å². The summed E-state index contributed by atoms with van der Waals surface area (Å²) in [4.78, 5) is 24.9. The fourth-order valence-corrected chi connectivity index (χ4v) is 1.77. The smallest absolute Gasteiger partial charge is 0.411 e. The van der Waals surface area contributed by atoms with Gasteiger partial charge in [-0.05, 0) is 20.8 Å². The molecule has 1 fully saturated rings. The fraction of sp³-hybridized carbons (Fsp3) is 0.692. The minimum atomic E-state index is -0.849. The first kappa shape index (κ1) is 15.3. The summed E-state index contributed by atoms with van der Waals surface area (Å²) in [6.07, 6.45) is 3.71. The molecule has 1 heterocycles. The first-order valence-corrected chi connectivity index (χ1v) is 6.02. The maximum absolute atomic E-state index is 11.9. The van der Waals surface area contributed by atoms with E-state index in [1.807, 2.05) is 0 Å². The average Bonchev–Trinajstić information content (AvgIpc) is 2.66. The Morgan fingerprint density at radius 1 is 1.47 bits per heavy atom. The first-order valence-electron chi connectivity index (χ1n) is 6.02. The molecule has 19 heavy (non-hydrogen) atoms. The number of hydrogen-bond donors (Lipinski definition) is 1. The molecule has 0 aromatic rings. The van der Waals surface area contributed by atoms with E-state index >= 15 is 0 Å². The molecule has 0 aromatic heterocycles. The molecule has 0 radical (unpaired) electrons. The van der Waals surface area contributed by atoms with Crippen molar-refractivity contribution in [1.29, 1.82) is 0 Å². The Balaban J connectivity index is 2.72. The zero-order valence-corrected chi connectivity index (χ0v) is 11.4. The van der Waals surface area contributed by atoms with Crippen LogP contribution in [0.5, 0.6) is 0 Å². The molecule has 1 N–H and O–H groups in total. The second kappa shape index (κ2) is 5.93. The van der Waals surface area contributed by atoms with Crippen molar-refractivity contribution in [3.05, 3.63) is 0 Å². The maximum Gasteiger partial charge on any atom is 0.411 e. The predicted octanol–water partition coefficient (Wildman–Crippen LogP) is 0.533. The Hall–Kier alpha value is -1.74. The molecular formula is C13H19NO5. The van der Waals surface area contributed by atoms with Gasteiger partial charge in [0.05, 0.1) is 12.6 Å². The van der Waals surface area contributed by atoms with Crippen LogP contribution in [0.2, 0.25) is 0 Å². The van der Waals surface area contributed by atoms with Gasteiger partial charge >= 0.3 is 12.1 Å². The average molecular weight is 269 g/mol. The Morgan fingerprint density at radius 2 is 2.11 bits per heavy atom. The summed E-state index contributed by atoms with van der Waals surface area (Å²) in [5.74, 6) is 1.55. The number of β-amino-alcohol motifs (C(OH)–C–C–N with tert-alkyl or cyclic N) is 1. The van der Waals surface area contributed by atoms with Gasteiger partial charge in [0.2, 0.25) is 0 Å². The molecule has 6 nitrogen and oxygen atoms in total. The summed E-state index contributed by atoms with van der Waals surface area (Å²) >= 11 is 0. The zero-order valence-electron chi connectivity index (χ0n) is 11.4. The number of rotatable bonds is 2. The number of aliphatic hydroxyl groups excluding tert-OH is 1. The van der Waals surface area contributed by atoms with Gasteiger partial charge in [-0.25, -0.2) is 9.59 Å². The van der Waals surface area contributed by atoms with E-state index in [2.05, 4.69) is 5.92 Å². The van der Waals surface area contributed by atoms with Crippen LogP contribution in [-0.2, 0) is 14.3 Å². The molecule has 1 aliphatic rings. The molecule has 2 atom stereocenters. The number of nitrogens with zero attached hydrogens (tertiary/aromatic N) is 1. The van der Waals surface area contributed by atoms with E-state index in [4.69, 9.17) is 15.9 Å². The lowest BCUT2D eigenvalue weighted by molar-refractivity contribution is -0.147. The van der Waals surface area contributed by atoms with Crippen LogP contribution in [0.4, 0.5) is 4.79 Å². The minimum Gasteiger partial charge on any atom is -0.451 e. The lowest BCUT2D eigenvalue weighted by Gasteiger charge is -2.27. The topological polar surface area (TPSA) is 76.1 Å². The van der Waals surface area contributed by atoms with Gasteiger partial charge in [0.1, 0.15) is 11.6 Å². The highest BCUT2D eigenvalue weighted by molar-refractivity contribution is 5.82. The van der Waals surface area contributed by atoms with Crippen LogP contribution in [0.3, 0.4) is 0 Å². The van der Waals surface area contributed by atoms with Crippen LogP contribution in [0.1, 0.15) is 27.2 Å². The molecule has 1 amide bonds. The lowest BCUT2D eigenvalue weighted by atomic mass is 10.2. The third-order valence-corrected chi connectivity index (χ3v) is 2.48. The van der Waals surface area contributed by atoms with Crippen LogP contribution in [0.25, 0.3) is 0 Å². The fourth-order valence-electron chi connectivity index (χ4n) is 1.77. The second-order valence-corrected chi connectivity index (χ2v) is 5.35. The van der Waals surface area contributed by atoms with E-state index in [0.29, 0.717) is 0 Å². The summed E-state index contributed by atoms with van der Waals surface area (Å²) in [5.41, 5.74) is -0.669. The largest absolute Gasteiger partial charge is 0.451 e. The zero-order chi connectivity index (χ0) is 14.6. The van der Waals surface area contributed by atoms with Crippen LogP contribution in [0.15, 0.2) is 0 Å². The van der Waals surface area contributed by atoms with Gasteiger partial charge in [-0.3, -0.25) is 4.90 Å². The summed E-state index contributed by atoms with van der Waals surface area (Å²) in [5, 5.41) is 9.59. The molecule has 0 spiro atoms. The molecule has 0 aliphatic carbocycles. The molecule has 0 bridgehead atoms. The molecule has 0 saturated carbocycles. The normalized spacial score (nSPS) is 22.8. The van der Waals surface area contributed by atoms with Crippen molar-refractivity contribution >= 4 is 12.1 Å². The number of aliphatic hydroxyl groups is 1. The number of amides is 1. The van der Waals surface area contributed by atoms with E-state index in [1.165, 1.54) is 4.90 Å². The van der Waals surface area contributed by atoms with Gasteiger partial charge in [0.25, 0.3) is 0 Å². The van der Waals surface area contributed by atoms with Gasteiger partial charge in [-0.15, -0.1) is 6.42 Å². The molecular weight excluding hydrogens is 250 g/mol. The maximum atomic E-state index is 11.9. The Labute approximate surface area is 112 Å². The molecule has 0 unspecified atom stereocenters. The van der Waals surface area contributed by atoms with Gasteiger partial charge in [0.15, 0.2) is 6.61 Å². The van der Waals surface area contributed by atoms with Crippen molar-refractivity contribution in [3.63, 3.8) is 0 Å². The van der Waals surface area contributed by atoms with Crippen LogP contribution < -0.4 is 0 Å². The quantitative estimate of drug-likeness (QED) is 0.584. The number of esters is 1. The third-order valence-electron chi connectivity index (χ3n) is 2.48. The van der Waals surface area contributed by atoms with E-state index in [1.54, 1.807) is 20.8 Å². The van der Waals surface area contributed by atoms with Crippen molar-refractivity contribution in [1.82, 2.24) is 4.90 Å². The first-order chi connectivity index (χ1) is 8.74. The van der Waals surface area contributed by atoms with Crippen molar-refractivity contribution in [2.75, 3.05) is 13.2 Å². The van der Waals surface area contributed by atoms with Gasteiger partial charge < -0.3 is 14.6 Å². The van der Waals surface area contributed by atoms with Crippen molar-refractivity contribution in [3.8, 4) is 12.3 Å². The highest BCUT2D eigenvalue weighted by Crippen LogP contribution is 2.22. The van der Waals surface area contributed by atoms with E-state index in [9.17, 15) is 14.7 Å². The van der Waals surface area contributed by atoms with Crippen LogP contribution in [0, 0.1) is 12.3 Å². The van der Waals surface area contributed by atoms with Crippen molar-refractivity contribution in [2.45, 2.75) is 44.9 Å². The van der Waals surface area contributed by atoms with Crippen molar-refractivity contribution < 1.29 is 24.2 Å². The second-order valence-electron chi connectivity index (χ2n) is 5.35. The summed E-state index contributed by atoms with van der Waals surface area (Å²) < 4.78 is 9.98. The standard InChI is InChI=1S/C13H19NO5/c1-5-6-18-11(16)10-7-9(15)8-14(10)12(17)19-13(2,3)4/h1,9-10,15H,6-8H2,2-4H3/t9-,10+/m1/s1. The summed E-state index contributed by atoms with van der Waals surface area (Å²) in [6.45, 7) is 5.06. The number of hydrogen-bond acceptors (Lipinski definition) is 5. The van der Waals surface area contributed by atoms with E-state index in [-0.39, 0.29) is 19.6 Å². The third kappa shape index (κ3) is 4.45. The highest BCUT2D eigenvalue weighted by Gasteiger charge is 2.41. The molecule has 106 valence electrons. The van der Waals surface area contributed by atoms with Crippen molar-refractivity contribution in [2.24, 2.45) is 0 Å². The van der Waals surface area contributed by atoms with Gasteiger partial charge in [-0.1, -0.05) is 5.92 Å². The number of carbonyl (C=O) groups excluding carboxylic acids is 2. The molecule has 1 saturated heterocycles. The van der Waals surface area contributed by atoms with Crippen LogP contribution in [-0.4, -0.2) is 53.0 Å². The molecule has 6 heteroatoms. The molecule has 1 aliphatic heterocycles. The number of ether oxygens (including phenoxy) is 2. The highest BCUT2D eigenvalue weighted by atomic mass is 16.6. The number of terminal acetylenes is 1. The molecule has 1 rings (SSSR count). The predicted molar refractivity (Wildman–Crippen MR) is 67.1 cm³/mol. The Morgan fingerprint density at radius 3 is 2.63 bits per heavy atom. The minimum absolute atomic E-state index is 0.0464. The number of likely N-dealkylation sites (tertiary alicyclic amines) is 1. The van der Waals surface area contributed by atoms with E-state index in [0.717, 1.165) is 0 Å². The van der Waals surface area contributed by atoms with Crippen LogP contribution >= 0.6 is 0 Å². The lowest BCUT2D eigenvalue weighted by Crippen LogP contribution is -2.44. The van der Waals surface area contributed by atoms with Gasteiger partial charge in [-0.2, -0.15) is 0 Å². The Kier molecular flexibility index (Phi) is 4.78. The van der Waals surface area contributed by atoms with Gasteiger partial charge in [0, 0.05) is 6.42 Å². The summed E-state index contributed by atoms with van der Waals surface area (Å²) in [7, 11) is 0. The SMILES string of the molecule is C#CCOC(=O)[C@@H]1C[C@@H](O)CN1C(=O)OC(C)(C)C. The number of carbonyl (C=O) groups is 2. The monoisotopic (exact) mass is 269 g/mol. The molecule has 0 aromatic carbocycles. The summed E-state index contributed by atoms with van der Waals surface area (Å²) in [6, 6.07) is -0.849. The Bertz CT molecular complexity index is 393.